The van der Waals surface area contributed by atoms with Crippen LogP contribution in [0.1, 0.15) is 34.1 Å². The van der Waals surface area contributed by atoms with E-state index < -0.39 is 36.6 Å². The van der Waals surface area contributed by atoms with Crippen LogP contribution in [0.25, 0.3) is 5.69 Å². The molecule has 0 spiro atoms. The van der Waals surface area contributed by atoms with Crippen LogP contribution in [0.2, 0.25) is 0 Å². The highest BCUT2D eigenvalue weighted by Crippen LogP contribution is 2.24. The quantitative estimate of drug-likeness (QED) is 0.511. The molecule has 0 aliphatic rings. The van der Waals surface area contributed by atoms with Crippen LogP contribution in [0.3, 0.4) is 0 Å². The van der Waals surface area contributed by atoms with Crippen molar-refractivity contribution >= 4 is 11.8 Å². The number of rotatable bonds is 9. The minimum Gasteiger partial charge on any atom is -0.481 e. The van der Waals surface area contributed by atoms with E-state index in [1.165, 1.54) is 31.4 Å². The first-order valence-corrected chi connectivity index (χ1v) is 10.1. The van der Waals surface area contributed by atoms with Crippen LogP contribution in [-0.2, 0) is 4.79 Å². The monoisotopic (exact) mass is 460 g/mol. The van der Waals surface area contributed by atoms with E-state index in [-0.39, 0.29) is 23.7 Å². The molecule has 1 heterocycles. The van der Waals surface area contributed by atoms with Gasteiger partial charge in [-0.3, -0.25) is 9.59 Å². The summed E-state index contributed by atoms with van der Waals surface area (Å²) in [4.78, 5) is 25.2. The zero-order valence-corrected chi connectivity index (χ0v) is 18.0. The lowest BCUT2D eigenvalue weighted by atomic mass is 9.98. The van der Waals surface area contributed by atoms with Crippen molar-refractivity contribution in [1.29, 1.82) is 0 Å². The molecule has 0 saturated heterocycles. The van der Waals surface area contributed by atoms with Gasteiger partial charge in [-0.1, -0.05) is 36.4 Å². The van der Waals surface area contributed by atoms with Crippen molar-refractivity contribution < 1.29 is 27.5 Å². The first-order chi connectivity index (χ1) is 15.8. The Morgan fingerprint density at radius 2 is 1.82 bits per heavy atom. The largest absolute Gasteiger partial charge is 0.481 e. The highest BCUT2D eigenvalue weighted by atomic mass is 19.3. The summed E-state index contributed by atoms with van der Waals surface area (Å²) in [5, 5.41) is 9.03. The summed E-state index contributed by atoms with van der Waals surface area (Å²) in [5.74, 6) is -1.71. The Labute approximate surface area is 188 Å². The Balaban J connectivity index is 1.87. The highest BCUT2D eigenvalue weighted by Gasteiger charge is 2.24. The van der Waals surface area contributed by atoms with E-state index in [1.54, 1.807) is 24.3 Å². The minimum absolute atomic E-state index is 0.0679. The van der Waals surface area contributed by atoms with Gasteiger partial charge >= 0.3 is 0 Å². The van der Waals surface area contributed by atoms with Crippen LogP contribution < -0.4 is 15.4 Å². The van der Waals surface area contributed by atoms with Crippen molar-refractivity contribution in [2.45, 2.75) is 25.8 Å². The molecule has 3 rings (SSSR count). The lowest BCUT2D eigenvalue weighted by Gasteiger charge is -2.20. The lowest BCUT2D eigenvalue weighted by Crippen LogP contribution is -2.35. The Bertz CT molecular complexity index is 1130. The zero-order valence-electron chi connectivity index (χ0n) is 18.0. The second-order valence-electron chi connectivity index (χ2n) is 7.22. The summed E-state index contributed by atoms with van der Waals surface area (Å²) < 4.78 is 45.5. The number of carbonyl (C=O) groups excluding carboxylic acids is 2. The standard InChI is InChI=1S/C23H23F3N4O3/c1-14-7-3-4-8-15(14)17(11-21(31)27-13-20(25)26)28-23(32)18-12-22(33-2)30(29-18)19-10-6-5-9-16(19)24/h3-10,12,17,20H,11,13H2,1-2H3,(H,27,31)(H,28,32)/t17-/m0/s1. The molecule has 1 atom stereocenters. The second kappa shape index (κ2) is 10.7. The molecule has 7 nitrogen and oxygen atoms in total. The normalized spacial score (nSPS) is 11.8. The van der Waals surface area contributed by atoms with Gasteiger partial charge in [0.25, 0.3) is 12.3 Å². The average Bonchev–Trinajstić information content (AvgIpc) is 3.22. The average molecular weight is 460 g/mol. The van der Waals surface area contributed by atoms with E-state index in [4.69, 9.17) is 4.74 Å². The number of aromatic nitrogens is 2. The molecule has 2 amide bonds. The maximum atomic E-state index is 14.2. The SMILES string of the molecule is COc1cc(C(=O)N[C@@H](CC(=O)NCC(F)F)c2ccccc2C)nn1-c1ccccc1F. The Morgan fingerprint density at radius 1 is 1.12 bits per heavy atom. The Kier molecular flexibility index (Phi) is 7.70. The van der Waals surface area contributed by atoms with Crippen LogP contribution in [0.15, 0.2) is 54.6 Å². The summed E-state index contributed by atoms with van der Waals surface area (Å²) in [6, 6.07) is 13.5. The molecule has 0 unspecified atom stereocenters. The van der Waals surface area contributed by atoms with Crippen LogP contribution >= 0.6 is 0 Å². The first-order valence-electron chi connectivity index (χ1n) is 10.1. The molecule has 0 saturated carbocycles. The Morgan fingerprint density at radius 3 is 2.48 bits per heavy atom. The van der Waals surface area contributed by atoms with E-state index in [9.17, 15) is 22.8 Å². The maximum Gasteiger partial charge on any atom is 0.272 e. The molecule has 2 aromatic carbocycles. The fraction of sp³-hybridized carbons (Fsp3) is 0.261. The van der Waals surface area contributed by atoms with Gasteiger partial charge in [-0.2, -0.15) is 9.78 Å². The van der Waals surface area contributed by atoms with Gasteiger partial charge in [-0.15, -0.1) is 0 Å². The molecular weight excluding hydrogens is 437 g/mol. The summed E-state index contributed by atoms with van der Waals surface area (Å²) in [5.41, 5.74) is 1.48. The van der Waals surface area contributed by atoms with Gasteiger partial charge in [0.15, 0.2) is 5.69 Å². The number of benzene rings is 2. The molecule has 0 fully saturated rings. The third kappa shape index (κ3) is 5.91. The van der Waals surface area contributed by atoms with Crippen molar-refractivity contribution in [2.75, 3.05) is 13.7 Å². The van der Waals surface area contributed by atoms with Crippen LogP contribution in [-0.4, -0.2) is 41.7 Å². The van der Waals surface area contributed by atoms with Crippen LogP contribution in [0.5, 0.6) is 5.88 Å². The van der Waals surface area contributed by atoms with Gasteiger partial charge in [0.05, 0.1) is 26.1 Å². The number of nitrogens with one attached hydrogen (secondary N) is 2. The first kappa shape index (κ1) is 23.8. The fourth-order valence-corrected chi connectivity index (χ4v) is 3.31. The topological polar surface area (TPSA) is 85.2 Å². The lowest BCUT2D eigenvalue weighted by molar-refractivity contribution is -0.122. The number of para-hydroxylation sites is 1. The highest BCUT2D eigenvalue weighted by molar-refractivity contribution is 5.93. The number of hydrogen-bond donors (Lipinski definition) is 2. The molecule has 3 aromatic rings. The van der Waals surface area contributed by atoms with Gasteiger partial charge in [0, 0.05) is 6.07 Å². The van der Waals surface area contributed by atoms with Gasteiger partial charge in [-0.05, 0) is 30.2 Å². The summed E-state index contributed by atoms with van der Waals surface area (Å²) in [7, 11) is 1.36. The van der Waals surface area contributed by atoms with Gasteiger partial charge in [0.2, 0.25) is 11.8 Å². The van der Waals surface area contributed by atoms with E-state index in [1.807, 2.05) is 13.0 Å². The van der Waals surface area contributed by atoms with E-state index in [0.29, 0.717) is 5.56 Å². The van der Waals surface area contributed by atoms with Crippen molar-refractivity contribution in [2.24, 2.45) is 0 Å². The second-order valence-corrected chi connectivity index (χ2v) is 7.22. The third-order valence-corrected chi connectivity index (χ3v) is 4.91. The smallest absolute Gasteiger partial charge is 0.272 e. The fourth-order valence-electron chi connectivity index (χ4n) is 3.31. The number of carbonyl (C=O) groups is 2. The number of methoxy groups -OCH3 is 1. The van der Waals surface area contributed by atoms with Gasteiger partial charge in [-0.25, -0.2) is 13.2 Å². The summed E-state index contributed by atoms with van der Waals surface area (Å²) in [6.07, 6.45) is -2.94. The zero-order chi connectivity index (χ0) is 24.0. The molecule has 0 bridgehead atoms. The molecule has 33 heavy (non-hydrogen) atoms. The molecule has 10 heteroatoms. The Hall–Kier alpha value is -3.82. The molecule has 174 valence electrons. The maximum absolute atomic E-state index is 14.2. The van der Waals surface area contributed by atoms with Crippen LogP contribution in [0, 0.1) is 12.7 Å². The third-order valence-electron chi connectivity index (χ3n) is 4.91. The number of aryl methyl sites for hydroxylation is 1. The van der Waals surface area contributed by atoms with Crippen molar-refractivity contribution in [1.82, 2.24) is 20.4 Å². The van der Waals surface area contributed by atoms with Crippen LogP contribution in [0.4, 0.5) is 13.2 Å². The minimum atomic E-state index is -2.68. The summed E-state index contributed by atoms with van der Waals surface area (Å²) in [6.45, 7) is 1.03. The van der Waals surface area contributed by atoms with E-state index in [0.717, 1.165) is 10.2 Å². The molecule has 0 radical (unpaired) electrons. The molecule has 0 aliphatic carbocycles. The number of nitrogens with zero attached hydrogens (tertiary/aromatic N) is 2. The predicted octanol–water partition coefficient (Wildman–Crippen LogP) is 3.57. The number of amides is 2. The number of ether oxygens (including phenoxy) is 1. The van der Waals surface area contributed by atoms with Gasteiger partial charge < -0.3 is 15.4 Å². The van der Waals surface area contributed by atoms with E-state index in [2.05, 4.69) is 15.7 Å². The number of hydrogen-bond acceptors (Lipinski definition) is 4. The summed E-state index contributed by atoms with van der Waals surface area (Å²) >= 11 is 0. The van der Waals surface area contributed by atoms with Crippen molar-refractivity contribution in [3.05, 3.63) is 77.2 Å². The van der Waals surface area contributed by atoms with E-state index >= 15 is 0 Å². The molecule has 1 aromatic heterocycles. The van der Waals surface area contributed by atoms with Gasteiger partial charge in [0.1, 0.15) is 11.5 Å². The van der Waals surface area contributed by atoms with Crippen molar-refractivity contribution in [3.63, 3.8) is 0 Å². The van der Waals surface area contributed by atoms with Crippen molar-refractivity contribution in [3.8, 4) is 11.6 Å². The molecular formula is C23H23F3N4O3. The number of alkyl halides is 2. The molecule has 0 aliphatic heterocycles. The number of halogens is 3. The predicted molar refractivity (Wildman–Crippen MR) is 115 cm³/mol. The molecule has 2 N–H and O–H groups in total.